The van der Waals surface area contributed by atoms with Gasteiger partial charge in [0, 0.05) is 16.1 Å². The molecule has 0 aliphatic rings. The molecule has 2 aromatic carbocycles. The van der Waals surface area contributed by atoms with E-state index < -0.39 is 0 Å². The van der Waals surface area contributed by atoms with Crippen LogP contribution in [0.15, 0.2) is 52.1 Å². The predicted molar refractivity (Wildman–Crippen MR) is 96.0 cm³/mol. The summed E-state index contributed by atoms with van der Waals surface area (Å²) in [5, 5.41) is 9.12. The van der Waals surface area contributed by atoms with Gasteiger partial charge in [-0.15, -0.1) is 10.2 Å². The Balaban J connectivity index is 1.67. The molecule has 0 aliphatic heterocycles. The van der Waals surface area contributed by atoms with E-state index in [1.165, 1.54) is 11.8 Å². The van der Waals surface area contributed by atoms with Gasteiger partial charge in [0.25, 0.3) is 5.22 Å². The number of nitrogens with zero attached hydrogens (tertiary/aromatic N) is 2. The molecular formula is C17H12Cl2N2O2S. The molecule has 0 radical (unpaired) electrons. The number of aromatic nitrogens is 2. The van der Waals surface area contributed by atoms with Crippen LogP contribution in [0.25, 0.3) is 11.5 Å². The number of thioether (sulfide) groups is 1. The quantitative estimate of drug-likeness (QED) is 0.443. The highest BCUT2D eigenvalue weighted by molar-refractivity contribution is 7.99. The van der Waals surface area contributed by atoms with Crippen molar-refractivity contribution < 1.29 is 9.21 Å². The SMILES string of the molecule is Cc1ccc(-c2nnc(SCC(=O)c3ccc(Cl)cc3Cl)o2)cc1. The van der Waals surface area contributed by atoms with E-state index in [4.69, 9.17) is 27.6 Å². The summed E-state index contributed by atoms with van der Waals surface area (Å²) < 4.78 is 5.58. The van der Waals surface area contributed by atoms with Crippen molar-refractivity contribution in [2.45, 2.75) is 12.1 Å². The van der Waals surface area contributed by atoms with Gasteiger partial charge >= 0.3 is 0 Å². The van der Waals surface area contributed by atoms with Gasteiger partial charge in [-0.3, -0.25) is 4.79 Å². The van der Waals surface area contributed by atoms with Crippen LogP contribution in [0.2, 0.25) is 10.0 Å². The van der Waals surface area contributed by atoms with Crippen molar-refractivity contribution in [3.8, 4) is 11.5 Å². The van der Waals surface area contributed by atoms with E-state index >= 15 is 0 Å². The first kappa shape index (κ1) is 17.0. The van der Waals surface area contributed by atoms with E-state index in [-0.39, 0.29) is 11.5 Å². The minimum absolute atomic E-state index is 0.128. The Morgan fingerprint density at radius 1 is 1.12 bits per heavy atom. The van der Waals surface area contributed by atoms with E-state index in [0.717, 1.165) is 11.1 Å². The second-order valence-electron chi connectivity index (χ2n) is 5.08. The maximum atomic E-state index is 12.2. The lowest BCUT2D eigenvalue weighted by molar-refractivity contribution is 0.102. The standard InChI is InChI=1S/C17H12Cl2N2O2S/c1-10-2-4-11(5-3-10)16-20-21-17(23-16)24-9-15(22)13-7-6-12(18)8-14(13)19/h2-8H,9H2,1H3. The Morgan fingerprint density at radius 3 is 2.58 bits per heavy atom. The number of benzene rings is 2. The van der Waals surface area contributed by atoms with Crippen LogP contribution >= 0.6 is 35.0 Å². The molecule has 0 saturated heterocycles. The van der Waals surface area contributed by atoms with Crippen LogP contribution in [0, 0.1) is 6.92 Å². The van der Waals surface area contributed by atoms with Crippen molar-refractivity contribution in [1.82, 2.24) is 10.2 Å². The third-order valence-electron chi connectivity index (χ3n) is 3.26. The third-order valence-corrected chi connectivity index (χ3v) is 4.63. The van der Waals surface area contributed by atoms with Crippen LogP contribution in [0.3, 0.4) is 0 Å². The number of carbonyl (C=O) groups excluding carboxylic acids is 1. The zero-order chi connectivity index (χ0) is 17.1. The summed E-state index contributed by atoms with van der Waals surface area (Å²) in [5.41, 5.74) is 2.41. The van der Waals surface area contributed by atoms with E-state index in [0.29, 0.717) is 26.7 Å². The Labute approximate surface area is 153 Å². The molecule has 0 fully saturated rings. The number of aryl methyl sites for hydroxylation is 1. The lowest BCUT2D eigenvalue weighted by atomic mass is 10.1. The van der Waals surface area contributed by atoms with Gasteiger partial charge < -0.3 is 4.42 Å². The second-order valence-corrected chi connectivity index (χ2v) is 6.85. The number of rotatable bonds is 5. The molecule has 4 nitrogen and oxygen atoms in total. The smallest absolute Gasteiger partial charge is 0.277 e. The molecule has 7 heteroatoms. The molecule has 0 N–H and O–H groups in total. The van der Waals surface area contributed by atoms with Gasteiger partial charge in [-0.2, -0.15) is 0 Å². The van der Waals surface area contributed by atoms with Crippen LogP contribution < -0.4 is 0 Å². The number of halogens is 2. The molecule has 0 amide bonds. The molecule has 1 heterocycles. The average Bonchev–Trinajstić information content (AvgIpc) is 3.02. The van der Waals surface area contributed by atoms with Crippen molar-refractivity contribution in [2.75, 3.05) is 5.75 Å². The fourth-order valence-corrected chi connectivity index (χ4v) is 3.16. The highest BCUT2D eigenvalue weighted by atomic mass is 35.5. The summed E-state index contributed by atoms with van der Waals surface area (Å²) in [6.45, 7) is 2.01. The van der Waals surface area contributed by atoms with E-state index in [9.17, 15) is 4.79 Å². The third kappa shape index (κ3) is 3.98. The zero-order valence-corrected chi connectivity index (χ0v) is 15.0. The molecule has 3 rings (SSSR count). The minimum atomic E-state index is -0.128. The minimum Gasteiger partial charge on any atom is -0.411 e. The van der Waals surface area contributed by atoms with Crippen LogP contribution in [0.4, 0.5) is 0 Å². The van der Waals surface area contributed by atoms with Crippen LogP contribution in [-0.4, -0.2) is 21.7 Å². The van der Waals surface area contributed by atoms with Crippen molar-refractivity contribution in [3.63, 3.8) is 0 Å². The summed E-state index contributed by atoms with van der Waals surface area (Å²) in [5.74, 6) is 0.447. The van der Waals surface area contributed by atoms with E-state index in [1.54, 1.807) is 18.2 Å². The first-order valence-corrected chi connectivity index (χ1v) is 8.78. The zero-order valence-electron chi connectivity index (χ0n) is 12.6. The maximum absolute atomic E-state index is 12.2. The molecule has 24 heavy (non-hydrogen) atoms. The van der Waals surface area contributed by atoms with Crippen LogP contribution in [0.5, 0.6) is 0 Å². The summed E-state index contributed by atoms with van der Waals surface area (Å²) in [6, 6.07) is 12.6. The first-order valence-electron chi connectivity index (χ1n) is 7.04. The number of Topliss-reactive ketones (excluding diaryl/α,β-unsaturated/α-hetero) is 1. The molecule has 0 saturated carbocycles. The first-order chi connectivity index (χ1) is 11.5. The van der Waals surface area contributed by atoms with Crippen molar-refractivity contribution >= 4 is 40.7 Å². The second kappa shape index (κ2) is 7.38. The van der Waals surface area contributed by atoms with Gasteiger partial charge in [0.1, 0.15) is 0 Å². The van der Waals surface area contributed by atoms with Gasteiger partial charge in [-0.05, 0) is 37.3 Å². The topological polar surface area (TPSA) is 56.0 Å². The number of carbonyl (C=O) groups is 1. The summed E-state index contributed by atoms with van der Waals surface area (Å²) in [6.07, 6.45) is 0. The Bertz CT molecular complexity index is 879. The fourth-order valence-electron chi connectivity index (χ4n) is 2.00. The lowest BCUT2D eigenvalue weighted by Crippen LogP contribution is -2.03. The number of hydrogen-bond donors (Lipinski definition) is 0. The molecular weight excluding hydrogens is 367 g/mol. The predicted octanol–water partition coefficient (Wildman–Crippen LogP) is 5.33. The maximum Gasteiger partial charge on any atom is 0.277 e. The molecule has 1 aromatic heterocycles. The monoisotopic (exact) mass is 378 g/mol. The summed E-state index contributed by atoms with van der Waals surface area (Å²) >= 11 is 13.0. The Morgan fingerprint density at radius 2 is 1.88 bits per heavy atom. The van der Waals surface area contributed by atoms with Gasteiger partial charge in [0.15, 0.2) is 5.78 Å². The largest absolute Gasteiger partial charge is 0.411 e. The highest BCUT2D eigenvalue weighted by Gasteiger charge is 2.14. The summed E-state index contributed by atoms with van der Waals surface area (Å²) in [4.78, 5) is 12.2. The Kier molecular flexibility index (Phi) is 5.23. The molecule has 0 unspecified atom stereocenters. The van der Waals surface area contributed by atoms with Crippen LogP contribution in [-0.2, 0) is 0 Å². The van der Waals surface area contributed by atoms with Crippen LogP contribution in [0.1, 0.15) is 15.9 Å². The van der Waals surface area contributed by atoms with Gasteiger partial charge in [0.05, 0.1) is 10.8 Å². The Hall–Kier alpha value is -1.82. The lowest BCUT2D eigenvalue weighted by Gasteiger charge is -2.02. The molecule has 0 aliphatic carbocycles. The normalized spacial score (nSPS) is 10.8. The molecule has 0 atom stereocenters. The molecule has 0 spiro atoms. The fraction of sp³-hybridized carbons (Fsp3) is 0.118. The summed E-state index contributed by atoms with van der Waals surface area (Å²) in [7, 11) is 0. The van der Waals surface area contributed by atoms with E-state index in [1.807, 2.05) is 31.2 Å². The van der Waals surface area contributed by atoms with Gasteiger partial charge in [-0.25, -0.2) is 0 Å². The number of ketones is 1. The molecule has 122 valence electrons. The van der Waals surface area contributed by atoms with Gasteiger partial charge in [0.2, 0.25) is 5.89 Å². The van der Waals surface area contributed by atoms with E-state index in [2.05, 4.69) is 10.2 Å². The van der Waals surface area contributed by atoms with Crippen molar-refractivity contribution in [1.29, 1.82) is 0 Å². The highest BCUT2D eigenvalue weighted by Crippen LogP contribution is 2.26. The van der Waals surface area contributed by atoms with Crippen molar-refractivity contribution in [2.24, 2.45) is 0 Å². The van der Waals surface area contributed by atoms with Crippen molar-refractivity contribution in [3.05, 3.63) is 63.6 Å². The average molecular weight is 379 g/mol. The number of hydrogen-bond acceptors (Lipinski definition) is 5. The molecule has 0 bridgehead atoms. The molecule has 3 aromatic rings. The van der Waals surface area contributed by atoms with Gasteiger partial charge in [-0.1, -0.05) is 52.7 Å².